The molecule has 0 bridgehead atoms. The van der Waals surface area contributed by atoms with Crippen LogP contribution in [0.5, 0.6) is 0 Å². The molecule has 0 aromatic heterocycles. The van der Waals surface area contributed by atoms with Crippen molar-refractivity contribution >= 4 is 16.1 Å². The Hall–Kier alpha value is -1.17. The Morgan fingerprint density at radius 2 is 1.85 bits per heavy atom. The molecule has 0 aliphatic heterocycles. The summed E-state index contributed by atoms with van der Waals surface area (Å²) in [6.45, 7) is 4.50. The number of nitrogens with zero attached hydrogens (tertiary/aromatic N) is 1. The summed E-state index contributed by atoms with van der Waals surface area (Å²) in [7, 11) is -1.80. The summed E-state index contributed by atoms with van der Waals surface area (Å²) in [4.78, 5) is 0. The molecule has 0 heterocycles. The molecule has 0 spiro atoms. The zero-order valence-electron chi connectivity index (χ0n) is 12.4. The van der Waals surface area contributed by atoms with Gasteiger partial charge < -0.3 is 5.73 Å². The molecule has 0 radical (unpaired) electrons. The first kappa shape index (κ1) is 16.9. The Bertz CT molecular complexity index is 524. The van der Waals surface area contributed by atoms with Gasteiger partial charge in [-0.2, -0.15) is 0 Å². The van der Waals surface area contributed by atoms with Gasteiger partial charge in [0.15, 0.2) is 0 Å². The molecule has 0 saturated carbocycles. The first-order chi connectivity index (χ1) is 9.33. The van der Waals surface area contributed by atoms with Crippen LogP contribution in [0.25, 0.3) is 6.08 Å². The second-order valence-corrected chi connectivity index (χ2v) is 7.20. The van der Waals surface area contributed by atoms with Crippen molar-refractivity contribution in [2.24, 2.45) is 11.7 Å². The molecule has 1 unspecified atom stereocenters. The smallest absolute Gasteiger partial charge is 0.235 e. The summed E-state index contributed by atoms with van der Waals surface area (Å²) in [5, 5.41) is 1.24. The third-order valence-electron chi connectivity index (χ3n) is 3.30. The lowest BCUT2D eigenvalue weighted by Gasteiger charge is -2.19. The second kappa shape index (κ2) is 7.57. The van der Waals surface area contributed by atoms with Crippen LogP contribution in [0, 0.1) is 5.92 Å². The molecule has 2 N–H and O–H groups in total. The van der Waals surface area contributed by atoms with E-state index in [-0.39, 0.29) is 6.04 Å². The van der Waals surface area contributed by atoms with Crippen molar-refractivity contribution in [3.63, 3.8) is 0 Å². The largest absolute Gasteiger partial charge is 0.327 e. The standard InChI is InChI=1S/C15H24N2O2S/c1-13(2)15(16)9-11-17(3)20(18,19)12-10-14-7-5-4-6-8-14/h4-8,10,12-13,15H,9,11,16H2,1-3H3/b12-10+. The van der Waals surface area contributed by atoms with Gasteiger partial charge in [0.2, 0.25) is 10.0 Å². The van der Waals surface area contributed by atoms with Crippen LogP contribution in [-0.4, -0.2) is 32.4 Å². The van der Waals surface area contributed by atoms with E-state index < -0.39 is 10.0 Å². The first-order valence-electron chi connectivity index (χ1n) is 6.78. The molecule has 0 aliphatic rings. The Balaban J connectivity index is 2.62. The molecule has 0 fully saturated rings. The average molecular weight is 296 g/mol. The summed E-state index contributed by atoms with van der Waals surface area (Å²) in [5.74, 6) is 0.353. The van der Waals surface area contributed by atoms with E-state index in [2.05, 4.69) is 0 Å². The highest BCUT2D eigenvalue weighted by molar-refractivity contribution is 7.92. The van der Waals surface area contributed by atoms with Gasteiger partial charge in [0.1, 0.15) is 0 Å². The minimum atomic E-state index is -3.38. The summed E-state index contributed by atoms with van der Waals surface area (Å²) < 4.78 is 25.5. The van der Waals surface area contributed by atoms with Crippen LogP contribution in [0.3, 0.4) is 0 Å². The van der Waals surface area contributed by atoms with Gasteiger partial charge >= 0.3 is 0 Å². The van der Waals surface area contributed by atoms with Crippen molar-refractivity contribution in [1.82, 2.24) is 4.31 Å². The van der Waals surface area contributed by atoms with Gasteiger partial charge in [-0.25, -0.2) is 12.7 Å². The number of nitrogens with two attached hydrogens (primary N) is 1. The number of hydrogen-bond acceptors (Lipinski definition) is 3. The van der Waals surface area contributed by atoms with Crippen LogP contribution >= 0.6 is 0 Å². The zero-order valence-corrected chi connectivity index (χ0v) is 13.2. The van der Waals surface area contributed by atoms with Crippen LogP contribution in [-0.2, 0) is 10.0 Å². The van der Waals surface area contributed by atoms with Gasteiger partial charge in [-0.15, -0.1) is 0 Å². The van der Waals surface area contributed by atoms with Crippen molar-refractivity contribution in [3.05, 3.63) is 41.3 Å². The third kappa shape index (κ3) is 5.45. The van der Waals surface area contributed by atoms with Crippen LogP contribution in [0.2, 0.25) is 0 Å². The highest BCUT2D eigenvalue weighted by Gasteiger charge is 2.16. The van der Waals surface area contributed by atoms with Crippen molar-refractivity contribution in [3.8, 4) is 0 Å². The lowest BCUT2D eigenvalue weighted by Crippen LogP contribution is -2.33. The number of hydrogen-bond donors (Lipinski definition) is 1. The van der Waals surface area contributed by atoms with Crippen LogP contribution in [0.1, 0.15) is 25.8 Å². The molecule has 112 valence electrons. The minimum Gasteiger partial charge on any atom is -0.327 e. The zero-order chi connectivity index (χ0) is 15.2. The van der Waals surface area contributed by atoms with E-state index in [0.717, 1.165) is 5.56 Å². The lowest BCUT2D eigenvalue weighted by atomic mass is 10.0. The van der Waals surface area contributed by atoms with E-state index in [1.807, 2.05) is 44.2 Å². The van der Waals surface area contributed by atoms with Crippen molar-refractivity contribution in [2.75, 3.05) is 13.6 Å². The molecule has 0 amide bonds. The van der Waals surface area contributed by atoms with Crippen LogP contribution < -0.4 is 5.73 Å². The molecule has 1 aromatic carbocycles. The molecular formula is C15H24N2O2S. The van der Waals surface area contributed by atoms with Gasteiger partial charge in [-0.3, -0.25) is 0 Å². The van der Waals surface area contributed by atoms with Crippen molar-refractivity contribution in [1.29, 1.82) is 0 Å². The van der Waals surface area contributed by atoms with Gasteiger partial charge in [-0.1, -0.05) is 44.2 Å². The fourth-order valence-electron chi connectivity index (χ4n) is 1.62. The molecule has 5 heteroatoms. The predicted octanol–water partition coefficient (Wildman–Crippen LogP) is 2.29. The fraction of sp³-hybridized carbons (Fsp3) is 0.467. The number of rotatable bonds is 7. The molecule has 0 saturated heterocycles. The molecule has 1 atom stereocenters. The minimum absolute atomic E-state index is 0.0192. The maximum Gasteiger partial charge on any atom is 0.235 e. The third-order valence-corrected chi connectivity index (χ3v) is 4.83. The molecule has 1 aromatic rings. The Morgan fingerprint density at radius 1 is 1.25 bits per heavy atom. The first-order valence-corrected chi connectivity index (χ1v) is 8.28. The van der Waals surface area contributed by atoms with Crippen molar-refractivity contribution < 1.29 is 8.42 Å². The molecular weight excluding hydrogens is 272 g/mol. The van der Waals surface area contributed by atoms with Gasteiger partial charge in [0, 0.05) is 25.0 Å². The van der Waals surface area contributed by atoms with Gasteiger partial charge in [0.25, 0.3) is 0 Å². The summed E-state index contributed by atoms with van der Waals surface area (Å²) in [6.07, 6.45) is 2.26. The van der Waals surface area contributed by atoms with E-state index in [9.17, 15) is 8.42 Å². The quantitative estimate of drug-likeness (QED) is 0.839. The average Bonchev–Trinajstić information content (AvgIpc) is 2.43. The Morgan fingerprint density at radius 3 is 2.40 bits per heavy atom. The molecule has 1 rings (SSSR count). The summed E-state index contributed by atoms with van der Waals surface area (Å²) in [6, 6.07) is 9.38. The van der Waals surface area contributed by atoms with E-state index in [4.69, 9.17) is 5.73 Å². The maximum absolute atomic E-state index is 12.1. The monoisotopic (exact) mass is 296 g/mol. The van der Waals surface area contributed by atoms with Crippen molar-refractivity contribution in [2.45, 2.75) is 26.3 Å². The predicted molar refractivity (Wildman–Crippen MR) is 84.5 cm³/mol. The van der Waals surface area contributed by atoms with E-state index in [1.165, 1.54) is 9.71 Å². The van der Waals surface area contributed by atoms with Crippen LogP contribution in [0.4, 0.5) is 0 Å². The molecule has 0 aliphatic carbocycles. The lowest BCUT2D eigenvalue weighted by molar-refractivity contribution is 0.400. The fourth-order valence-corrected chi connectivity index (χ4v) is 2.52. The second-order valence-electron chi connectivity index (χ2n) is 5.28. The number of sulfonamides is 1. The number of benzene rings is 1. The normalized spacial score (nSPS) is 14.3. The van der Waals surface area contributed by atoms with Gasteiger partial charge in [-0.05, 0) is 24.0 Å². The van der Waals surface area contributed by atoms with E-state index >= 15 is 0 Å². The molecule has 4 nitrogen and oxygen atoms in total. The van der Waals surface area contributed by atoms with Gasteiger partial charge in [0.05, 0.1) is 0 Å². The highest BCUT2D eigenvalue weighted by Crippen LogP contribution is 2.09. The SMILES string of the molecule is CC(C)C(N)CCN(C)S(=O)(=O)/C=C/c1ccccc1. The molecule has 20 heavy (non-hydrogen) atoms. The highest BCUT2D eigenvalue weighted by atomic mass is 32.2. The Labute approximate surface area is 122 Å². The van der Waals surface area contributed by atoms with Crippen LogP contribution in [0.15, 0.2) is 35.7 Å². The summed E-state index contributed by atoms with van der Waals surface area (Å²) >= 11 is 0. The maximum atomic E-state index is 12.1. The summed E-state index contributed by atoms with van der Waals surface area (Å²) in [5.41, 5.74) is 6.80. The topological polar surface area (TPSA) is 63.4 Å². The van der Waals surface area contributed by atoms with E-state index in [1.54, 1.807) is 13.1 Å². The van der Waals surface area contributed by atoms with E-state index in [0.29, 0.717) is 18.9 Å². The Kier molecular flexibility index (Phi) is 6.39.